The Morgan fingerprint density at radius 1 is 0.947 bits per heavy atom. The van der Waals surface area contributed by atoms with Crippen LogP contribution in [0.4, 0.5) is 0 Å². The molecule has 0 atom stereocenters. The van der Waals surface area contributed by atoms with Crippen molar-refractivity contribution in [2.24, 2.45) is 0 Å². The highest BCUT2D eigenvalue weighted by Crippen LogP contribution is 2.27. The number of pyridine rings is 1. The van der Waals surface area contributed by atoms with Crippen molar-refractivity contribution in [1.29, 1.82) is 0 Å². The van der Waals surface area contributed by atoms with Gasteiger partial charge in [-0.25, -0.2) is 4.98 Å². The van der Waals surface area contributed by atoms with Gasteiger partial charge in [0, 0.05) is 5.56 Å². The summed E-state index contributed by atoms with van der Waals surface area (Å²) in [6.07, 6.45) is 8.97. The van der Waals surface area contributed by atoms with Crippen molar-refractivity contribution >= 4 is 21.5 Å². The second-order valence-electron chi connectivity index (χ2n) is 4.57. The fraction of sp³-hybridized carbons (Fsp3) is 0.118. The summed E-state index contributed by atoms with van der Waals surface area (Å²) in [4.78, 5) is 4.56. The summed E-state index contributed by atoms with van der Waals surface area (Å²) < 4.78 is 0.878. The number of hydrogen-bond acceptors (Lipinski definition) is 1. The van der Waals surface area contributed by atoms with Gasteiger partial charge in [-0.05, 0) is 52.0 Å². The van der Waals surface area contributed by atoms with E-state index in [4.69, 9.17) is 0 Å². The van der Waals surface area contributed by atoms with Gasteiger partial charge < -0.3 is 0 Å². The summed E-state index contributed by atoms with van der Waals surface area (Å²) in [6.45, 7) is 0. The Bertz CT molecular complexity index is 642. The highest BCUT2D eigenvalue weighted by Gasteiger charge is 2.07. The van der Waals surface area contributed by atoms with Crippen molar-refractivity contribution in [1.82, 2.24) is 4.98 Å². The minimum absolute atomic E-state index is 0.878. The van der Waals surface area contributed by atoms with Crippen molar-refractivity contribution in [3.8, 4) is 11.3 Å². The van der Waals surface area contributed by atoms with Crippen molar-refractivity contribution in [3.63, 3.8) is 0 Å². The molecule has 0 saturated carbocycles. The monoisotopic (exact) mass is 311 g/mol. The van der Waals surface area contributed by atoms with Crippen molar-refractivity contribution in [2.75, 3.05) is 0 Å². The maximum Gasteiger partial charge on any atom is 0.107 e. The molecule has 1 aliphatic carbocycles. The molecular weight excluding hydrogens is 298 g/mol. The first-order valence-electron chi connectivity index (χ1n) is 6.43. The summed E-state index contributed by atoms with van der Waals surface area (Å²) in [5.41, 5.74) is 4.65. The first-order valence-corrected chi connectivity index (χ1v) is 7.22. The highest BCUT2D eigenvalue weighted by molar-refractivity contribution is 9.10. The molecule has 19 heavy (non-hydrogen) atoms. The number of rotatable bonds is 2. The maximum absolute atomic E-state index is 4.56. The molecule has 0 fully saturated rings. The van der Waals surface area contributed by atoms with Crippen LogP contribution in [0.25, 0.3) is 16.8 Å². The lowest BCUT2D eigenvalue weighted by atomic mass is 9.99. The van der Waals surface area contributed by atoms with Crippen molar-refractivity contribution in [3.05, 3.63) is 70.9 Å². The highest BCUT2D eigenvalue weighted by atomic mass is 79.9. The second kappa shape index (κ2) is 5.54. The van der Waals surface area contributed by atoms with E-state index in [0.29, 0.717) is 0 Å². The van der Waals surface area contributed by atoms with Crippen LogP contribution in [0.15, 0.2) is 65.3 Å². The lowest BCUT2D eigenvalue weighted by molar-refractivity contribution is 1.04. The van der Waals surface area contributed by atoms with Gasteiger partial charge in [-0.2, -0.15) is 0 Å². The van der Waals surface area contributed by atoms with E-state index in [2.05, 4.69) is 63.4 Å². The molecule has 0 aliphatic heterocycles. The van der Waals surface area contributed by atoms with Crippen LogP contribution in [-0.4, -0.2) is 4.98 Å². The zero-order valence-electron chi connectivity index (χ0n) is 10.5. The topological polar surface area (TPSA) is 12.9 Å². The van der Waals surface area contributed by atoms with E-state index in [0.717, 1.165) is 28.7 Å². The van der Waals surface area contributed by atoms with Crippen LogP contribution in [0, 0.1) is 0 Å². The number of nitrogens with zero attached hydrogens (tertiary/aromatic N) is 1. The third-order valence-corrected chi connectivity index (χ3v) is 3.60. The van der Waals surface area contributed by atoms with Crippen molar-refractivity contribution in [2.45, 2.75) is 12.8 Å². The third-order valence-electron chi connectivity index (χ3n) is 3.19. The fourth-order valence-electron chi connectivity index (χ4n) is 2.25. The smallest absolute Gasteiger partial charge is 0.107 e. The maximum atomic E-state index is 4.56. The molecule has 2 aromatic rings. The van der Waals surface area contributed by atoms with Crippen LogP contribution in [-0.2, 0) is 0 Å². The fourth-order valence-corrected chi connectivity index (χ4v) is 2.69. The van der Waals surface area contributed by atoms with Crippen LogP contribution in [0.5, 0.6) is 0 Å². The van der Waals surface area contributed by atoms with Gasteiger partial charge in [0.15, 0.2) is 0 Å². The quantitative estimate of drug-likeness (QED) is 0.691. The van der Waals surface area contributed by atoms with Gasteiger partial charge in [-0.15, -0.1) is 0 Å². The molecule has 0 radical (unpaired) electrons. The van der Waals surface area contributed by atoms with Gasteiger partial charge in [0.25, 0.3) is 0 Å². The molecule has 1 aromatic carbocycles. The number of aromatic nitrogens is 1. The molecule has 0 saturated heterocycles. The predicted molar refractivity (Wildman–Crippen MR) is 83.7 cm³/mol. The first kappa shape index (κ1) is 12.4. The second-order valence-corrected chi connectivity index (χ2v) is 5.38. The van der Waals surface area contributed by atoms with Gasteiger partial charge >= 0.3 is 0 Å². The van der Waals surface area contributed by atoms with Crippen LogP contribution in [0.2, 0.25) is 0 Å². The average Bonchev–Trinajstić information content (AvgIpc) is 2.48. The molecule has 1 aliphatic rings. The van der Waals surface area contributed by atoms with Crippen LogP contribution >= 0.6 is 15.9 Å². The minimum Gasteiger partial charge on any atom is -0.241 e. The number of hydrogen-bond donors (Lipinski definition) is 0. The molecule has 2 heteroatoms. The summed E-state index contributed by atoms with van der Waals surface area (Å²) in [5.74, 6) is 0. The zero-order chi connectivity index (χ0) is 13.1. The largest absolute Gasteiger partial charge is 0.241 e. The first-order chi connectivity index (χ1) is 9.33. The molecule has 94 valence electrons. The molecule has 0 spiro atoms. The van der Waals surface area contributed by atoms with Crippen LogP contribution < -0.4 is 0 Å². The van der Waals surface area contributed by atoms with E-state index in [9.17, 15) is 0 Å². The zero-order valence-corrected chi connectivity index (χ0v) is 12.1. The van der Waals surface area contributed by atoms with Gasteiger partial charge in [-0.1, -0.05) is 48.6 Å². The lowest BCUT2D eigenvalue weighted by Crippen LogP contribution is -1.91. The number of halogens is 1. The number of benzene rings is 1. The molecule has 0 bridgehead atoms. The molecule has 0 amide bonds. The minimum atomic E-state index is 0.878. The molecule has 3 rings (SSSR count). The molecule has 1 nitrogen and oxygen atoms in total. The third kappa shape index (κ3) is 2.85. The predicted octanol–water partition coefficient (Wildman–Crippen LogP) is 5.24. The SMILES string of the molecule is Brc1cc(C2=CCCC=C2)cc(-c2ccccc2)n1. The molecular formula is C17H14BrN. The van der Waals surface area contributed by atoms with E-state index >= 15 is 0 Å². The number of allylic oxidation sites excluding steroid dienone is 4. The van der Waals surface area contributed by atoms with E-state index in [-0.39, 0.29) is 0 Å². The van der Waals surface area contributed by atoms with Gasteiger partial charge in [0.2, 0.25) is 0 Å². The summed E-state index contributed by atoms with van der Waals surface area (Å²) >= 11 is 3.51. The van der Waals surface area contributed by atoms with Crippen LogP contribution in [0.1, 0.15) is 18.4 Å². The van der Waals surface area contributed by atoms with Gasteiger partial charge in [0.1, 0.15) is 4.60 Å². The Morgan fingerprint density at radius 3 is 2.53 bits per heavy atom. The Balaban J connectivity index is 2.06. The van der Waals surface area contributed by atoms with Crippen LogP contribution in [0.3, 0.4) is 0 Å². The van der Waals surface area contributed by atoms with Gasteiger partial charge in [-0.3, -0.25) is 0 Å². The van der Waals surface area contributed by atoms with Crippen molar-refractivity contribution < 1.29 is 0 Å². The molecule has 0 unspecified atom stereocenters. The summed E-state index contributed by atoms with van der Waals surface area (Å²) in [7, 11) is 0. The Labute approximate surface area is 121 Å². The van der Waals surface area contributed by atoms with E-state index in [1.807, 2.05) is 18.2 Å². The Kier molecular flexibility index (Phi) is 3.60. The normalized spacial score (nSPS) is 14.3. The average molecular weight is 312 g/mol. The summed E-state index contributed by atoms with van der Waals surface area (Å²) in [5, 5.41) is 0. The standard InChI is InChI=1S/C17H14BrN/c18-17-12-15(13-7-3-1-4-8-13)11-16(19-17)14-9-5-2-6-10-14/h2-3,5-12H,1,4H2. The van der Waals surface area contributed by atoms with Gasteiger partial charge in [0.05, 0.1) is 5.69 Å². The van der Waals surface area contributed by atoms with E-state index in [1.165, 1.54) is 11.1 Å². The molecule has 1 aromatic heterocycles. The Morgan fingerprint density at radius 2 is 1.79 bits per heavy atom. The summed E-state index contributed by atoms with van der Waals surface area (Å²) in [6, 6.07) is 14.5. The lowest BCUT2D eigenvalue weighted by Gasteiger charge is -2.10. The molecule has 1 heterocycles. The van der Waals surface area contributed by atoms with E-state index < -0.39 is 0 Å². The Hall–Kier alpha value is -1.67. The van der Waals surface area contributed by atoms with E-state index in [1.54, 1.807) is 0 Å². The molecule has 0 N–H and O–H groups in total.